The summed E-state index contributed by atoms with van der Waals surface area (Å²) in [4.78, 5) is 0. The number of hydrogen-bond donors (Lipinski definition) is 2. The molecule has 2 nitrogen and oxygen atoms in total. The fourth-order valence-corrected chi connectivity index (χ4v) is 2.22. The number of phenolic OH excluding ortho intramolecular Hbond substituents is 1. The normalized spacial score (nSPS) is 10.4. The number of aromatic hydroxyl groups is 1. The van der Waals surface area contributed by atoms with Gasteiger partial charge >= 0.3 is 0 Å². The average Bonchev–Trinajstić information content (AvgIpc) is 2.34. The molecule has 0 radical (unpaired) electrons. The molecule has 18 heavy (non-hydrogen) atoms. The molecule has 2 aromatic carbocycles. The van der Waals surface area contributed by atoms with Crippen molar-refractivity contribution >= 4 is 21.6 Å². The number of hydrogen-bond acceptors (Lipinski definition) is 2. The van der Waals surface area contributed by atoms with Crippen LogP contribution in [0.4, 0.5) is 5.69 Å². The zero-order chi connectivity index (χ0) is 13.1. The average molecular weight is 306 g/mol. The lowest BCUT2D eigenvalue weighted by atomic mass is 10.1. The maximum atomic E-state index is 9.78. The molecule has 0 amide bonds. The maximum Gasteiger partial charge on any atom is 0.120 e. The zero-order valence-electron chi connectivity index (χ0n) is 10.5. The highest BCUT2D eigenvalue weighted by Crippen LogP contribution is 2.24. The van der Waals surface area contributed by atoms with Crippen molar-refractivity contribution in [1.82, 2.24) is 0 Å². The standard InChI is InChI=1S/C15H16BrNO/c1-10-3-4-11(2)14(7-10)17-9-12-8-13(16)5-6-15(12)18/h3-8,17-18H,9H2,1-2H3. The van der Waals surface area contributed by atoms with E-state index in [1.54, 1.807) is 6.07 Å². The van der Waals surface area contributed by atoms with Crippen LogP contribution in [-0.4, -0.2) is 5.11 Å². The lowest BCUT2D eigenvalue weighted by Gasteiger charge is -2.11. The summed E-state index contributed by atoms with van der Waals surface area (Å²) in [5, 5.41) is 13.1. The Morgan fingerprint density at radius 2 is 1.89 bits per heavy atom. The van der Waals surface area contributed by atoms with Crippen LogP contribution in [0.2, 0.25) is 0 Å². The molecule has 0 aromatic heterocycles. The Balaban J connectivity index is 2.16. The Morgan fingerprint density at radius 3 is 2.67 bits per heavy atom. The smallest absolute Gasteiger partial charge is 0.120 e. The molecule has 0 saturated carbocycles. The summed E-state index contributed by atoms with van der Waals surface area (Å²) >= 11 is 3.41. The van der Waals surface area contributed by atoms with Crippen LogP contribution >= 0.6 is 15.9 Å². The van der Waals surface area contributed by atoms with E-state index in [9.17, 15) is 5.11 Å². The van der Waals surface area contributed by atoms with Gasteiger partial charge in [-0.05, 0) is 49.2 Å². The Hall–Kier alpha value is -1.48. The van der Waals surface area contributed by atoms with E-state index in [4.69, 9.17) is 0 Å². The first-order chi connectivity index (χ1) is 8.56. The van der Waals surface area contributed by atoms with E-state index in [1.807, 2.05) is 12.1 Å². The molecular weight excluding hydrogens is 290 g/mol. The predicted molar refractivity (Wildman–Crippen MR) is 79.0 cm³/mol. The SMILES string of the molecule is Cc1ccc(C)c(NCc2cc(Br)ccc2O)c1. The fraction of sp³-hybridized carbons (Fsp3) is 0.200. The van der Waals surface area contributed by atoms with E-state index in [0.29, 0.717) is 12.3 Å². The summed E-state index contributed by atoms with van der Waals surface area (Å²) in [6.45, 7) is 4.75. The molecule has 2 N–H and O–H groups in total. The van der Waals surface area contributed by atoms with E-state index in [0.717, 1.165) is 15.7 Å². The van der Waals surface area contributed by atoms with Crippen LogP contribution in [0.15, 0.2) is 40.9 Å². The van der Waals surface area contributed by atoms with Crippen molar-refractivity contribution in [1.29, 1.82) is 0 Å². The van der Waals surface area contributed by atoms with Crippen molar-refractivity contribution in [2.24, 2.45) is 0 Å². The molecule has 94 valence electrons. The van der Waals surface area contributed by atoms with E-state index < -0.39 is 0 Å². The highest BCUT2D eigenvalue weighted by Gasteiger charge is 2.03. The second kappa shape index (κ2) is 5.44. The second-order valence-electron chi connectivity index (χ2n) is 4.44. The second-order valence-corrected chi connectivity index (χ2v) is 5.36. The first-order valence-corrected chi connectivity index (χ1v) is 6.64. The van der Waals surface area contributed by atoms with E-state index in [2.05, 4.69) is 53.3 Å². The quantitative estimate of drug-likeness (QED) is 0.882. The number of phenols is 1. The molecule has 0 heterocycles. The van der Waals surface area contributed by atoms with Crippen molar-refractivity contribution in [3.63, 3.8) is 0 Å². The molecule has 0 bridgehead atoms. The summed E-state index contributed by atoms with van der Waals surface area (Å²) in [7, 11) is 0. The highest BCUT2D eigenvalue weighted by molar-refractivity contribution is 9.10. The first-order valence-electron chi connectivity index (χ1n) is 5.85. The van der Waals surface area contributed by atoms with Crippen LogP contribution in [0.5, 0.6) is 5.75 Å². The number of aryl methyl sites for hydroxylation is 2. The Bertz CT molecular complexity index is 515. The third-order valence-electron chi connectivity index (χ3n) is 2.90. The molecule has 0 aliphatic heterocycles. The fourth-order valence-electron chi connectivity index (χ4n) is 1.81. The van der Waals surface area contributed by atoms with Crippen LogP contribution in [0, 0.1) is 13.8 Å². The molecule has 0 unspecified atom stereocenters. The van der Waals surface area contributed by atoms with E-state index in [-0.39, 0.29) is 0 Å². The number of benzene rings is 2. The molecule has 0 atom stereocenters. The molecule has 3 heteroatoms. The van der Waals surface area contributed by atoms with Gasteiger partial charge in [0, 0.05) is 22.3 Å². The number of anilines is 1. The van der Waals surface area contributed by atoms with Crippen molar-refractivity contribution in [3.05, 3.63) is 57.6 Å². The lowest BCUT2D eigenvalue weighted by Crippen LogP contribution is -2.01. The highest BCUT2D eigenvalue weighted by atomic mass is 79.9. The van der Waals surface area contributed by atoms with Crippen molar-refractivity contribution in [2.45, 2.75) is 20.4 Å². The minimum Gasteiger partial charge on any atom is -0.508 e. The monoisotopic (exact) mass is 305 g/mol. The molecule has 2 aromatic rings. The van der Waals surface area contributed by atoms with Gasteiger partial charge in [-0.3, -0.25) is 0 Å². The summed E-state index contributed by atoms with van der Waals surface area (Å²) in [6, 6.07) is 11.8. The molecule has 0 fully saturated rings. The Labute approximate surface area is 116 Å². The Kier molecular flexibility index (Phi) is 3.92. The number of halogens is 1. The van der Waals surface area contributed by atoms with E-state index >= 15 is 0 Å². The molecule has 0 saturated heterocycles. The third-order valence-corrected chi connectivity index (χ3v) is 3.40. The van der Waals surface area contributed by atoms with Gasteiger partial charge < -0.3 is 10.4 Å². The van der Waals surface area contributed by atoms with Crippen LogP contribution in [0.1, 0.15) is 16.7 Å². The van der Waals surface area contributed by atoms with Gasteiger partial charge in [0.1, 0.15) is 5.75 Å². The third kappa shape index (κ3) is 3.05. The van der Waals surface area contributed by atoms with Gasteiger partial charge in [0.15, 0.2) is 0 Å². The first kappa shape index (κ1) is 13.0. The molecule has 0 spiro atoms. The summed E-state index contributed by atoms with van der Waals surface area (Å²) < 4.78 is 0.970. The largest absolute Gasteiger partial charge is 0.508 e. The summed E-state index contributed by atoms with van der Waals surface area (Å²) in [5.41, 5.74) is 4.41. The number of nitrogens with one attached hydrogen (secondary N) is 1. The predicted octanol–water partition coefficient (Wildman–Crippen LogP) is 4.38. The van der Waals surface area contributed by atoms with Gasteiger partial charge in [-0.2, -0.15) is 0 Å². The van der Waals surface area contributed by atoms with Gasteiger partial charge in [-0.25, -0.2) is 0 Å². The summed E-state index contributed by atoms with van der Waals surface area (Å²) in [5.74, 6) is 0.316. The van der Waals surface area contributed by atoms with Gasteiger partial charge in [0.05, 0.1) is 0 Å². The van der Waals surface area contributed by atoms with Crippen LogP contribution in [0.3, 0.4) is 0 Å². The lowest BCUT2D eigenvalue weighted by molar-refractivity contribution is 0.469. The van der Waals surface area contributed by atoms with Gasteiger partial charge in [-0.15, -0.1) is 0 Å². The number of rotatable bonds is 3. The van der Waals surface area contributed by atoms with Crippen LogP contribution in [-0.2, 0) is 6.54 Å². The molecule has 2 rings (SSSR count). The van der Waals surface area contributed by atoms with Gasteiger partial charge in [0.2, 0.25) is 0 Å². The summed E-state index contributed by atoms with van der Waals surface area (Å²) in [6.07, 6.45) is 0. The van der Waals surface area contributed by atoms with Crippen molar-refractivity contribution in [2.75, 3.05) is 5.32 Å². The van der Waals surface area contributed by atoms with Crippen LogP contribution < -0.4 is 5.32 Å². The minimum absolute atomic E-state index is 0.316. The zero-order valence-corrected chi connectivity index (χ0v) is 12.1. The minimum atomic E-state index is 0.316. The molecule has 0 aliphatic rings. The topological polar surface area (TPSA) is 32.3 Å². The maximum absolute atomic E-state index is 9.78. The van der Waals surface area contributed by atoms with E-state index in [1.165, 1.54) is 11.1 Å². The Morgan fingerprint density at radius 1 is 1.11 bits per heavy atom. The van der Waals surface area contributed by atoms with Crippen molar-refractivity contribution < 1.29 is 5.11 Å². The molecular formula is C15H16BrNO. The van der Waals surface area contributed by atoms with Gasteiger partial charge in [-0.1, -0.05) is 28.1 Å². The van der Waals surface area contributed by atoms with Gasteiger partial charge in [0.25, 0.3) is 0 Å². The molecule has 0 aliphatic carbocycles. The van der Waals surface area contributed by atoms with Crippen LogP contribution in [0.25, 0.3) is 0 Å². The van der Waals surface area contributed by atoms with Crippen molar-refractivity contribution in [3.8, 4) is 5.75 Å².